The van der Waals surface area contributed by atoms with Gasteiger partial charge in [-0.25, -0.2) is 0 Å². The van der Waals surface area contributed by atoms with Crippen molar-refractivity contribution < 1.29 is 9.47 Å². The Morgan fingerprint density at radius 1 is 1.29 bits per heavy atom. The van der Waals surface area contributed by atoms with Crippen molar-refractivity contribution in [3.63, 3.8) is 0 Å². The second kappa shape index (κ2) is 7.58. The molecule has 1 atom stereocenters. The van der Waals surface area contributed by atoms with Crippen LogP contribution in [0.5, 0.6) is 5.75 Å². The minimum Gasteiger partial charge on any atom is -0.492 e. The van der Waals surface area contributed by atoms with Gasteiger partial charge in [0.2, 0.25) is 0 Å². The number of ether oxygens (including phenoxy) is 2. The lowest BCUT2D eigenvalue weighted by molar-refractivity contribution is -0.0116. The molecule has 1 saturated carbocycles. The van der Waals surface area contributed by atoms with E-state index in [9.17, 15) is 0 Å². The minimum atomic E-state index is 0.480. The second-order valence-corrected chi connectivity index (χ2v) is 6.67. The van der Waals surface area contributed by atoms with E-state index in [-0.39, 0.29) is 0 Å². The van der Waals surface area contributed by atoms with Crippen LogP contribution >= 0.6 is 15.9 Å². The van der Waals surface area contributed by atoms with Crippen LogP contribution in [0, 0.1) is 0 Å². The molecule has 0 amide bonds. The van der Waals surface area contributed by atoms with Crippen molar-refractivity contribution in [3.8, 4) is 5.75 Å². The van der Waals surface area contributed by atoms with E-state index in [1.807, 2.05) is 24.3 Å². The highest BCUT2D eigenvalue weighted by molar-refractivity contribution is 9.10. The molecule has 1 saturated heterocycles. The van der Waals surface area contributed by atoms with Crippen LogP contribution in [0.4, 0.5) is 0 Å². The molecule has 2 aliphatic rings. The van der Waals surface area contributed by atoms with Gasteiger partial charge < -0.3 is 14.8 Å². The molecule has 1 unspecified atom stereocenters. The molecule has 21 heavy (non-hydrogen) atoms. The summed E-state index contributed by atoms with van der Waals surface area (Å²) >= 11 is 3.43. The smallest absolute Gasteiger partial charge is 0.119 e. The standard InChI is InChI=1S/C16H23BrN2O2/c17-13-1-5-16(6-2-13)21-10-8-19-7-9-20-12-15(19)11-18-14-3-4-14/h1-2,5-6,14-15,18H,3-4,7-12H2. The average molecular weight is 355 g/mol. The Balaban J connectivity index is 1.41. The lowest BCUT2D eigenvalue weighted by Gasteiger charge is -2.35. The average Bonchev–Trinajstić information content (AvgIpc) is 3.33. The molecule has 3 rings (SSSR count). The predicted octanol–water partition coefficient (Wildman–Crippen LogP) is 2.28. The molecular formula is C16H23BrN2O2. The molecule has 5 heteroatoms. The zero-order chi connectivity index (χ0) is 14.5. The molecule has 1 aromatic carbocycles. The third-order valence-corrected chi connectivity index (χ3v) is 4.56. The molecule has 1 aliphatic carbocycles. The summed E-state index contributed by atoms with van der Waals surface area (Å²) in [6.45, 7) is 5.37. The Morgan fingerprint density at radius 3 is 2.86 bits per heavy atom. The van der Waals surface area contributed by atoms with E-state index < -0.39 is 0 Å². The van der Waals surface area contributed by atoms with E-state index in [4.69, 9.17) is 9.47 Å². The summed E-state index contributed by atoms with van der Waals surface area (Å²) in [5, 5.41) is 3.60. The summed E-state index contributed by atoms with van der Waals surface area (Å²) in [4.78, 5) is 2.48. The van der Waals surface area contributed by atoms with Crippen LogP contribution in [-0.2, 0) is 4.74 Å². The van der Waals surface area contributed by atoms with Gasteiger partial charge in [0, 0.05) is 36.2 Å². The van der Waals surface area contributed by atoms with Crippen molar-refractivity contribution in [3.05, 3.63) is 28.7 Å². The predicted molar refractivity (Wildman–Crippen MR) is 86.8 cm³/mol. The van der Waals surface area contributed by atoms with E-state index >= 15 is 0 Å². The van der Waals surface area contributed by atoms with Crippen LogP contribution in [-0.4, -0.2) is 56.4 Å². The Hall–Kier alpha value is -0.620. The van der Waals surface area contributed by atoms with Gasteiger partial charge >= 0.3 is 0 Å². The molecule has 0 spiro atoms. The van der Waals surface area contributed by atoms with Crippen molar-refractivity contribution in [1.82, 2.24) is 10.2 Å². The molecule has 0 radical (unpaired) electrons. The van der Waals surface area contributed by atoms with E-state index in [1.165, 1.54) is 12.8 Å². The van der Waals surface area contributed by atoms with Crippen LogP contribution < -0.4 is 10.1 Å². The fourth-order valence-electron chi connectivity index (χ4n) is 2.57. The molecule has 1 aliphatic heterocycles. The third kappa shape index (κ3) is 4.95. The number of hydrogen-bond acceptors (Lipinski definition) is 4. The fraction of sp³-hybridized carbons (Fsp3) is 0.625. The number of rotatable bonds is 7. The van der Waals surface area contributed by atoms with Crippen molar-refractivity contribution in [2.45, 2.75) is 24.9 Å². The number of hydrogen-bond donors (Lipinski definition) is 1. The molecule has 2 fully saturated rings. The van der Waals surface area contributed by atoms with Crippen LogP contribution in [0.2, 0.25) is 0 Å². The van der Waals surface area contributed by atoms with Gasteiger partial charge in [0.15, 0.2) is 0 Å². The van der Waals surface area contributed by atoms with Crippen LogP contribution in [0.15, 0.2) is 28.7 Å². The molecule has 0 bridgehead atoms. The number of nitrogens with zero attached hydrogens (tertiary/aromatic N) is 1. The number of halogens is 1. The summed E-state index contributed by atoms with van der Waals surface area (Å²) in [6, 6.07) is 9.24. The van der Waals surface area contributed by atoms with Gasteiger partial charge in [0.25, 0.3) is 0 Å². The monoisotopic (exact) mass is 354 g/mol. The molecule has 116 valence electrons. The minimum absolute atomic E-state index is 0.480. The Morgan fingerprint density at radius 2 is 2.10 bits per heavy atom. The SMILES string of the molecule is Brc1ccc(OCCN2CCOCC2CNC2CC2)cc1. The maximum Gasteiger partial charge on any atom is 0.119 e. The summed E-state index contributed by atoms with van der Waals surface area (Å²) < 4.78 is 12.5. The topological polar surface area (TPSA) is 33.7 Å². The summed E-state index contributed by atoms with van der Waals surface area (Å²) in [6.07, 6.45) is 2.67. The summed E-state index contributed by atoms with van der Waals surface area (Å²) in [5.41, 5.74) is 0. The van der Waals surface area contributed by atoms with Gasteiger partial charge in [-0.1, -0.05) is 15.9 Å². The number of nitrogens with one attached hydrogen (secondary N) is 1. The summed E-state index contributed by atoms with van der Waals surface area (Å²) in [7, 11) is 0. The summed E-state index contributed by atoms with van der Waals surface area (Å²) in [5.74, 6) is 0.930. The quantitative estimate of drug-likeness (QED) is 0.814. The van der Waals surface area contributed by atoms with Gasteiger partial charge in [-0.15, -0.1) is 0 Å². The number of morpholine rings is 1. The van der Waals surface area contributed by atoms with Gasteiger partial charge in [-0.2, -0.15) is 0 Å². The van der Waals surface area contributed by atoms with E-state index in [2.05, 4.69) is 26.1 Å². The lowest BCUT2D eigenvalue weighted by Crippen LogP contribution is -2.51. The first-order valence-corrected chi connectivity index (χ1v) is 8.54. The first-order chi connectivity index (χ1) is 10.3. The highest BCUT2D eigenvalue weighted by atomic mass is 79.9. The van der Waals surface area contributed by atoms with Crippen molar-refractivity contribution >= 4 is 15.9 Å². The Labute approximate surface area is 134 Å². The molecule has 1 aromatic rings. The lowest BCUT2D eigenvalue weighted by atomic mass is 10.2. The maximum atomic E-state index is 5.83. The first-order valence-electron chi connectivity index (χ1n) is 7.75. The molecule has 1 N–H and O–H groups in total. The maximum absolute atomic E-state index is 5.83. The van der Waals surface area contributed by atoms with Crippen molar-refractivity contribution in [2.75, 3.05) is 39.5 Å². The van der Waals surface area contributed by atoms with Crippen molar-refractivity contribution in [2.24, 2.45) is 0 Å². The van der Waals surface area contributed by atoms with Crippen LogP contribution in [0.1, 0.15) is 12.8 Å². The zero-order valence-electron chi connectivity index (χ0n) is 12.3. The molecule has 4 nitrogen and oxygen atoms in total. The number of benzene rings is 1. The van der Waals surface area contributed by atoms with E-state index in [0.29, 0.717) is 6.04 Å². The van der Waals surface area contributed by atoms with E-state index in [1.54, 1.807) is 0 Å². The fourth-order valence-corrected chi connectivity index (χ4v) is 2.84. The normalized spacial score (nSPS) is 23.2. The third-order valence-electron chi connectivity index (χ3n) is 4.03. The van der Waals surface area contributed by atoms with Gasteiger partial charge in [0.1, 0.15) is 12.4 Å². The largest absolute Gasteiger partial charge is 0.492 e. The Bertz CT molecular complexity index is 436. The van der Waals surface area contributed by atoms with Gasteiger partial charge in [-0.3, -0.25) is 4.90 Å². The molecular weight excluding hydrogens is 332 g/mol. The first kappa shape index (κ1) is 15.3. The molecule has 1 heterocycles. The van der Waals surface area contributed by atoms with Gasteiger partial charge in [0.05, 0.1) is 13.2 Å². The zero-order valence-corrected chi connectivity index (χ0v) is 13.8. The van der Waals surface area contributed by atoms with Crippen LogP contribution in [0.3, 0.4) is 0 Å². The van der Waals surface area contributed by atoms with Gasteiger partial charge in [-0.05, 0) is 37.1 Å². The second-order valence-electron chi connectivity index (χ2n) is 5.75. The van der Waals surface area contributed by atoms with E-state index in [0.717, 1.165) is 55.7 Å². The van der Waals surface area contributed by atoms with Crippen LogP contribution in [0.25, 0.3) is 0 Å². The Kier molecular flexibility index (Phi) is 5.52. The van der Waals surface area contributed by atoms with Crippen molar-refractivity contribution in [1.29, 1.82) is 0 Å². The highest BCUT2D eigenvalue weighted by Crippen LogP contribution is 2.19. The highest BCUT2D eigenvalue weighted by Gasteiger charge is 2.26. The molecule has 0 aromatic heterocycles.